The zero-order valence-corrected chi connectivity index (χ0v) is 11.9. The molecule has 0 aliphatic heterocycles. The van der Waals surface area contributed by atoms with E-state index in [0.29, 0.717) is 6.54 Å². The first-order valence-electron chi connectivity index (χ1n) is 7.12. The van der Waals surface area contributed by atoms with Gasteiger partial charge in [0.05, 0.1) is 6.20 Å². The third-order valence-corrected chi connectivity index (χ3v) is 3.89. The predicted molar refractivity (Wildman–Crippen MR) is 74.2 cm³/mol. The summed E-state index contributed by atoms with van der Waals surface area (Å²) < 4.78 is 1.77. The van der Waals surface area contributed by atoms with Crippen molar-refractivity contribution in [2.45, 2.75) is 45.2 Å². The van der Waals surface area contributed by atoms with Crippen molar-refractivity contribution in [3.8, 4) is 0 Å². The smallest absolute Gasteiger partial charge is 0.226 e. The molecule has 2 atom stereocenters. The summed E-state index contributed by atoms with van der Waals surface area (Å²) in [5.74, 6) is 0.363. The van der Waals surface area contributed by atoms with Crippen molar-refractivity contribution in [2.24, 2.45) is 18.7 Å². The van der Waals surface area contributed by atoms with Gasteiger partial charge in [-0.3, -0.25) is 9.48 Å². The molecule has 1 heterocycles. The Morgan fingerprint density at radius 2 is 2.37 bits per heavy atom. The summed E-state index contributed by atoms with van der Waals surface area (Å²) in [5, 5.41) is 4.15. The molecule has 19 heavy (non-hydrogen) atoms. The molecule has 2 unspecified atom stereocenters. The summed E-state index contributed by atoms with van der Waals surface area (Å²) in [6, 6.07) is 0.194. The van der Waals surface area contributed by atoms with E-state index in [0.717, 1.165) is 37.8 Å². The number of nitrogens with zero attached hydrogens (tertiary/aromatic N) is 3. The second-order valence-corrected chi connectivity index (χ2v) is 5.50. The number of carbonyl (C=O) groups is 1. The van der Waals surface area contributed by atoms with Crippen LogP contribution in [0.2, 0.25) is 0 Å². The molecule has 0 spiro atoms. The Bertz CT molecular complexity index is 429. The number of carbonyl (C=O) groups excluding carboxylic acids is 1. The van der Waals surface area contributed by atoms with Gasteiger partial charge in [0.2, 0.25) is 5.91 Å². The van der Waals surface area contributed by atoms with Gasteiger partial charge in [-0.2, -0.15) is 5.10 Å². The summed E-state index contributed by atoms with van der Waals surface area (Å²) in [7, 11) is 1.89. The Kier molecular flexibility index (Phi) is 4.58. The summed E-state index contributed by atoms with van der Waals surface area (Å²) in [5.41, 5.74) is 7.06. The Labute approximate surface area is 114 Å². The third kappa shape index (κ3) is 3.56. The number of aromatic nitrogens is 2. The number of aryl methyl sites for hydroxylation is 1. The minimum absolute atomic E-state index is 0.111. The second-order valence-electron chi connectivity index (χ2n) is 5.50. The van der Waals surface area contributed by atoms with Gasteiger partial charge in [0.1, 0.15) is 0 Å². The first kappa shape index (κ1) is 14.1. The highest BCUT2D eigenvalue weighted by Crippen LogP contribution is 2.25. The second kappa shape index (κ2) is 6.19. The van der Waals surface area contributed by atoms with Gasteiger partial charge in [-0.15, -0.1) is 0 Å². The van der Waals surface area contributed by atoms with Crippen LogP contribution in [0.4, 0.5) is 0 Å². The molecule has 1 amide bonds. The average molecular weight is 264 g/mol. The zero-order valence-electron chi connectivity index (χ0n) is 11.9. The Morgan fingerprint density at radius 1 is 1.58 bits per heavy atom. The SMILES string of the molecule is CCN(Cc1cnn(C)c1)C(=O)C1CCCC(N)C1. The van der Waals surface area contributed by atoms with Gasteiger partial charge in [0, 0.05) is 43.9 Å². The molecule has 1 aliphatic carbocycles. The molecule has 5 nitrogen and oxygen atoms in total. The molecular formula is C14H24N4O. The molecule has 2 N–H and O–H groups in total. The van der Waals surface area contributed by atoms with Crippen molar-refractivity contribution in [3.63, 3.8) is 0 Å². The van der Waals surface area contributed by atoms with Crippen LogP contribution in [0.15, 0.2) is 12.4 Å². The highest BCUT2D eigenvalue weighted by Gasteiger charge is 2.28. The van der Waals surface area contributed by atoms with E-state index in [1.807, 2.05) is 31.3 Å². The van der Waals surface area contributed by atoms with Crippen molar-refractivity contribution >= 4 is 5.91 Å². The monoisotopic (exact) mass is 264 g/mol. The molecule has 1 aromatic heterocycles. The molecule has 0 bridgehead atoms. The fourth-order valence-electron chi connectivity index (χ4n) is 2.83. The van der Waals surface area contributed by atoms with Crippen molar-refractivity contribution < 1.29 is 4.79 Å². The fourth-order valence-corrected chi connectivity index (χ4v) is 2.83. The van der Waals surface area contributed by atoms with Gasteiger partial charge in [-0.05, 0) is 26.2 Å². The molecule has 1 fully saturated rings. The Morgan fingerprint density at radius 3 is 2.95 bits per heavy atom. The predicted octanol–water partition coefficient (Wildman–Crippen LogP) is 1.29. The van der Waals surface area contributed by atoms with E-state index in [-0.39, 0.29) is 17.9 Å². The molecule has 0 radical (unpaired) electrons. The summed E-state index contributed by atoms with van der Waals surface area (Å²) in [4.78, 5) is 14.4. The highest BCUT2D eigenvalue weighted by atomic mass is 16.2. The van der Waals surface area contributed by atoms with Crippen LogP contribution < -0.4 is 5.73 Å². The largest absolute Gasteiger partial charge is 0.338 e. The zero-order chi connectivity index (χ0) is 13.8. The van der Waals surface area contributed by atoms with Gasteiger partial charge in [0.25, 0.3) is 0 Å². The number of hydrogen-bond donors (Lipinski definition) is 1. The minimum atomic E-state index is 0.111. The number of nitrogens with two attached hydrogens (primary N) is 1. The highest BCUT2D eigenvalue weighted by molar-refractivity contribution is 5.79. The van der Waals surface area contributed by atoms with Crippen LogP contribution in [0, 0.1) is 5.92 Å². The molecular weight excluding hydrogens is 240 g/mol. The molecule has 1 saturated carbocycles. The lowest BCUT2D eigenvalue weighted by molar-refractivity contribution is -0.137. The fraction of sp³-hybridized carbons (Fsp3) is 0.714. The first-order chi connectivity index (χ1) is 9.10. The van der Waals surface area contributed by atoms with Gasteiger partial charge in [-0.25, -0.2) is 0 Å². The number of hydrogen-bond acceptors (Lipinski definition) is 3. The van der Waals surface area contributed by atoms with Crippen molar-refractivity contribution in [3.05, 3.63) is 18.0 Å². The summed E-state index contributed by atoms with van der Waals surface area (Å²) in [6.45, 7) is 3.41. The maximum Gasteiger partial charge on any atom is 0.226 e. The Hall–Kier alpha value is -1.36. The summed E-state index contributed by atoms with van der Waals surface area (Å²) in [6.07, 6.45) is 7.73. The number of amides is 1. The normalized spacial score (nSPS) is 23.3. The average Bonchev–Trinajstić information content (AvgIpc) is 2.81. The van der Waals surface area contributed by atoms with Crippen LogP contribution in [-0.2, 0) is 18.4 Å². The maximum absolute atomic E-state index is 12.5. The molecule has 1 aromatic rings. The van der Waals surface area contributed by atoms with E-state index in [9.17, 15) is 4.79 Å². The molecule has 0 saturated heterocycles. The first-order valence-corrected chi connectivity index (χ1v) is 7.12. The molecule has 1 aliphatic rings. The van der Waals surface area contributed by atoms with Crippen molar-refractivity contribution in [1.82, 2.24) is 14.7 Å². The van der Waals surface area contributed by atoms with E-state index >= 15 is 0 Å². The van der Waals surface area contributed by atoms with Crippen LogP contribution in [0.5, 0.6) is 0 Å². The van der Waals surface area contributed by atoms with Crippen LogP contribution in [0.25, 0.3) is 0 Å². The van der Waals surface area contributed by atoms with Crippen molar-refractivity contribution in [1.29, 1.82) is 0 Å². The molecule has 5 heteroatoms. The Balaban J connectivity index is 1.98. The summed E-state index contributed by atoms with van der Waals surface area (Å²) >= 11 is 0. The van der Waals surface area contributed by atoms with E-state index < -0.39 is 0 Å². The molecule has 106 valence electrons. The van der Waals surface area contributed by atoms with Crippen LogP contribution >= 0.6 is 0 Å². The lowest BCUT2D eigenvalue weighted by Gasteiger charge is -2.30. The van der Waals surface area contributed by atoms with E-state index in [1.54, 1.807) is 4.68 Å². The van der Waals surface area contributed by atoms with Crippen molar-refractivity contribution in [2.75, 3.05) is 6.54 Å². The van der Waals surface area contributed by atoms with Gasteiger partial charge in [-0.1, -0.05) is 6.42 Å². The lowest BCUT2D eigenvalue weighted by Crippen LogP contribution is -2.40. The van der Waals surface area contributed by atoms with Crippen LogP contribution in [-0.4, -0.2) is 33.2 Å². The minimum Gasteiger partial charge on any atom is -0.338 e. The van der Waals surface area contributed by atoms with Gasteiger partial charge >= 0.3 is 0 Å². The van der Waals surface area contributed by atoms with Crippen LogP contribution in [0.1, 0.15) is 38.2 Å². The van der Waals surface area contributed by atoms with Crippen LogP contribution in [0.3, 0.4) is 0 Å². The maximum atomic E-state index is 12.5. The lowest BCUT2D eigenvalue weighted by atomic mass is 9.85. The molecule has 0 aromatic carbocycles. The molecule has 2 rings (SSSR count). The standard InChI is InChI=1S/C14H24N4O/c1-3-18(10-11-8-16-17(2)9-11)14(19)12-5-4-6-13(15)7-12/h8-9,12-13H,3-7,10,15H2,1-2H3. The van der Waals surface area contributed by atoms with Gasteiger partial charge < -0.3 is 10.6 Å². The third-order valence-electron chi connectivity index (χ3n) is 3.89. The van der Waals surface area contributed by atoms with E-state index in [2.05, 4.69) is 5.10 Å². The van der Waals surface area contributed by atoms with E-state index in [4.69, 9.17) is 5.73 Å². The topological polar surface area (TPSA) is 64.2 Å². The number of rotatable bonds is 4. The quantitative estimate of drug-likeness (QED) is 0.891. The van der Waals surface area contributed by atoms with Gasteiger partial charge in [0.15, 0.2) is 0 Å². The van der Waals surface area contributed by atoms with E-state index in [1.165, 1.54) is 0 Å².